The van der Waals surface area contributed by atoms with Crippen molar-refractivity contribution in [2.24, 2.45) is 52.3 Å². The quantitative estimate of drug-likeness (QED) is 0.319. The highest BCUT2D eigenvalue weighted by molar-refractivity contribution is 6.02. The maximum absolute atomic E-state index is 13.2. The molecule has 198 valence electrons. The second-order valence-electron chi connectivity index (χ2n) is 14.2. The van der Waals surface area contributed by atoms with Gasteiger partial charge in [0.25, 0.3) is 0 Å². The number of hydrogen-bond donors (Lipinski definition) is 1. The molecule has 0 radical (unpaired) electrons. The number of Topliss-reactive ketones (excluding diaryl/α,β-unsaturated/α-hetero) is 1. The zero-order valence-electron chi connectivity index (χ0n) is 23.6. The number of ketones is 1. The van der Waals surface area contributed by atoms with Crippen LogP contribution in [-0.2, 0) is 4.79 Å². The van der Waals surface area contributed by atoms with Crippen LogP contribution >= 0.6 is 0 Å². The Balaban J connectivity index is 1.36. The largest absolute Gasteiger partial charge is 0.507 e. The Hall–Kier alpha value is -1.57. The van der Waals surface area contributed by atoms with Gasteiger partial charge in [-0.25, -0.2) is 0 Å². The number of benzene rings is 1. The molecule has 0 aliphatic heterocycles. The molecule has 1 N–H and O–H groups in total. The van der Waals surface area contributed by atoms with E-state index in [9.17, 15) is 9.90 Å². The summed E-state index contributed by atoms with van der Waals surface area (Å²) in [4.78, 5) is 13.2. The van der Waals surface area contributed by atoms with Crippen LogP contribution in [0.4, 0.5) is 0 Å². The Morgan fingerprint density at radius 2 is 1.67 bits per heavy atom. The first kappa shape index (κ1) is 26.1. The monoisotopic (exact) mass is 490 g/mol. The normalized spacial score (nSPS) is 40.4. The van der Waals surface area contributed by atoms with Gasteiger partial charge in [-0.15, -0.1) is 0 Å². The summed E-state index contributed by atoms with van der Waals surface area (Å²) < 4.78 is 0. The summed E-state index contributed by atoms with van der Waals surface area (Å²) in [6, 6.07) is 9.72. The van der Waals surface area contributed by atoms with Gasteiger partial charge in [0.05, 0.1) is 0 Å². The molecule has 1 aromatic carbocycles. The Morgan fingerprint density at radius 3 is 2.39 bits per heavy atom. The third-order valence-corrected chi connectivity index (χ3v) is 11.9. The van der Waals surface area contributed by atoms with Crippen LogP contribution in [0.2, 0.25) is 0 Å². The van der Waals surface area contributed by atoms with Crippen LogP contribution in [0.1, 0.15) is 111 Å². The van der Waals surface area contributed by atoms with Gasteiger partial charge in [0.2, 0.25) is 0 Å². The summed E-state index contributed by atoms with van der Waals surface area (Å²) in [7, 11) is 0. The number of rotatable bonds is 6. The summed E-state index contributed by atoms with van der Waals surface area (Å²) in [5.74, 6) is 5.78. The van der Waals surface area contributed by atoms with Crippen molar-refractivity contribution in [1.82, 2.24) is 0 Å². The number of aliphatic hydroxyl groups excluding tert-OH is 1. The van der Waals surface area contributed by atoms with E-state index in [1.54, 1.807) is 0 Å². The minimum atomic E-state index is 0.136. The van der Waals surface area contributed by atoms with Gasteiger partial charge in [-0.2, -0.15) is 0 Å². The molecule has 4 saturated carbocycles. The van der Waals surface area contributed by atoms with Crippen LogP contribution in [0.5, 0.6) is 0 Å². The van der Waals surface area contributed by atoms with Crippen molar-refractivity contribution in [2.75, 3.05) is 0 Å². The average molecular weight is 491 g/mol. The van der Waals surface area contributed by atoms with E-state index in [1.165, 1.54) is 57.8 Å². The van der Waals surface area contributed by atoms with Crippen LogP contribution in [0.3, 0.4) is 0 Å². The number of aliphatic hydroxyl groups is 1. The summed E-state index contributed by atoms with van der Waals surface area (Å²) in [5.41, 5.74) is 2.13. The van der Waals surface area contributed by atoms with E-state index in [0.717, 1.165) is 41.6 Å². The lowest BCUT2D eigenvalue weighted by molar-refractivity contribution is -0.133. The summed E-state index contributed by atoms with van der Waals surface area (Å²) in [6.07, 6.45) is 13.6. The van der Waals surface area contributed by atoms with Gasteiger partial charge in [0, 0.05) is 17.6 Å². The predicted molar refractivity (Wildman–Crippen MR) is 149 cm³/mol. The maximum atomic E-state index is 13.2. The first-order valence-corrected chi connectivity index (χ1v) is 15.2. The van der Waals surface area contributed by atoms with Gasteiger partial charge >= 0.3 is 0 Å². The van der Waals surface area contributed by atoms with E-state index in [-0.39, 0.29) is 17.0 Å². The Kier molecular flexibility index (Phi) is 7.20. The minimum absolute atomic E-state index is 0.136. The first-order chi connectivity index (χ1) is 17.1. The molecular formula is C34H50O2. The average Bonchev–Trinajstić information content (AvgIpc) is 3.21. The van der Waals surface area contributed by atoms with Gasteiger partial charge in [-0.1, -0.05) is 84.2 Å². The lowest BCUT2D eigenvalue weighted by atomic mass is 9.44. The molecule has 0 heterocycles. The lowest BCUT2D eigenvalue weighted by Gasteiger charge is -2.60. The Labute approximate surface area is 220 Å². The van der Waals surface area contributed by atoms with E-state index in [2.05, 4.69) is 34.6 Å². The summed E-state index contributed by atoms with van der Waals surface area (Å²) in [6.45, 7) is 12.4. The third-order valence-electron chi connectivity index (χ3n) is 11.9. The van der Waals surface area contributed by atoms with Gasteiger partial charge in [-0.3, -0.25) is 4.79 Å². The number of carbonyl (C=O) groups is 1. The van der Waals surface area contributed by atoms with Gasteiger partial charge in [0.1, 0.15) is 5.76 Å². The molecule has 1 aromatic rings. The molecule has 2 nitrogen and oxygen atoms in total. The number of allylic oxidation sites excluding steroid dienone is 1. The molecule has 0 bridgehead atoms. The van der Waals surface area contributed by atoms with E-state index < -0.39 is 0 Å². The second kappa shape index (κ2) is 9.95. The third kappa shape index (κ3) is 4.39. The fourth-order valence-electron chi connectivity index (χ4n) is 9.98. The molecule has 36 heavy (non-hydrogen) atoms. The molecule has 2 heteroatoms. The van der Waals surface area contributed by atoms with Crippen LogP contribution in [0.15, 0.2) is 35.9 Å². The van der Waals surface area contributed by atoms with Crippen molar-refractivity contribution in [1.29, 1.82) is 0 Å². The van der Waals surface area contributed by atoms with Crippen molar-refractivity contribution in [2.45, 2.75) is 105 Å². The van der Waals surface area contributed by atoms with Crippen LogP contribution < -0.4 is 0 Å². The summed E-state index contributed by atoms with van der Waals surface area (Å²) >= 11 is 0. The molecule has 4 aliphatic rings. The molecule has 0 spiro atoms. The van der Waals surface area contributed by atoms with Gasteiger partial charge in [0.15, 0.2) is 5.78 Å². The molecular weight excluding hydrogens is 440 g/mol. The van der Waals surface area contributed by atoms with Crippen molar-refractivity contribution >= 4 is 11.5 Å². The minimum Gasteiger partial charge on any atom is -0.507 e. The Morgan fingerprint density at radius 1 is 0.944 bits per heavy atom. The maximum Gasteiger partial charge on any atom is 0.162 e. The molecule has 5 rings (SSSR count). The molecule has 4 aliphatic carbocycles. The second-order valence-corrected chi connectivity index (χ2v) is 14.2. The predicted octanol–water partition coefficient (Wildman–Crippen LogP) is 9.26. The van der Waals surface area contributed by atoms with Crippen molar-refractivity contribution in [3.05, 3.63) is 41.5 Å². The van der Waals surface area contributed by atoms with Crippen molar-refractivity contribution in [3.8, 4) is 0 Å². The molecule has 4 fully saturated rings. The SMILES string of the molecule is CC(C)CCC[C@H](C)[C@H]1CC[C@@H]2[C@H]3CC[C@@H]4CC(=O)C(=C(O)c5ccccc5)C[C@]4(C)[C@H]3CC[C@@]21C. The number of carbonyl (C=O) groups excluding carboxylic acids is 1. The smallest absolute Gasteiger partial charge is 0.162 e. The zero-order chi connectivity index (χ0) is 25.7. The highest BCUT2D eigenvalue weighted by atomic mass is 16.3. The topological polar surface area (TPSA) is 37.3 Å². The fourth-order valence-corrected chi connectivity index (χ4v) is 9.98. The zero-order valence-corrected chi connectivity index (χ0v) is 23.6. The van der Waals surface area contributed by atoms with E-state index >= 15 is 0 Å². The highest BCUT2D eigenvalue weighted by Crippen LogP contribution is 2.68. The molecule has 0 unspecified atom stereocenters. The summed E-state index contributed by atoms with van der Waals surface area (Å²) in [5, 5.41) is 11.2. The molecule has 8 atom stereocenters. The van der Waals surface area contributed by atoms with Crippen molar-refractivity contribution in [3.63, 3.8) is 0 Å². The highest BCUT2D eigenvalue weighted by Gasteiger charge is 2.61. The number of fused-ring (bicyclic) bond motifs is 5. The van der Waals surface area contributed by atoms with Crippen LogP contribution in [-0.4, -0.2) is 10.9 Å². The molecule has 0 saturated heterocycles. The van der Waals surface area contributed by atoms with E-state index in [4.69, 9.17) is 0 Å². The van der Waals surface area contributed by atoms with Gasteiger partial charge in [-0.05, 0) is 97.2 Å². The molecule has 0 aromatic heterocycles. The Bertz CT molecular complexity index is 976. The molecule has 0 amide bonds. The van der Waals surface area contributed by atoms with Crippen LogP contribution in [0, 0.1) is 52.3 Å². The van der Waals surface area contributed by atoms with E-state index in [1.807, 2.05) is 30.3 Å². The lowest BCUT2D eigenvalue weighted by Crippen LogP contribution is -2.54. The number of hydrogen-bond acceptors (Lipinski definition) is 2. The van der Waals surface area contributed by atoms with Crippen LogP contribution in [0.25, 0.3) is 5.76 Å². The first-order valence-electron chi connectivity index (χ1n) is 15.2. The fraction of sp³-hybridized carbons (Fsp3) is 0.735. The van der Waals surface area contributed by atoms with E-state index in [0.29, 0.717) is 29.2 Å². The van der Waals surface area contributed by atoms with Gasteiger partial charge < -0.3 is 5.11 Å². The van der Waals surface area contributed by atoms with Crippen molar-refractivity contribution < 1.29 is 9.90 Å². The standard InChI is InChI=1S/C34H50O2/c1-22(2)10-9-11-23(3)28-16-17-29-26-15-14-25-20-31(35)27(32(36)24-12-7-6-8-13-24)21-34(25,5)30(26)18-19-33(28,29)4/h6-8,12-13,22-23,25-26,28-30,36H,9-11,14-21H2,1-5H3/t23-,25+,26+,28+,29+,30-,33+,34-/m0/s1.